The average molecular weight is 484 g/mol. The standard InChI is InChI=1S/C23H26FN7O2S/c1-12-7-14(9-15(8-12)34(32,33)23(3,4)5)17-11-26-22(25)28-20(17)31(6)21-16-10-18(24)13(2)27-19(16)29-30-21/h7-11H,1-6H3,(H2,25,26,28)(H,27,29,30). The first-order valence-electron chi connectivity index (χ1n) is 10.5. The number of sulfone groups is 1. The van der Waals surface area contributed by atoms with Gasteiger partial charge in [0.05, 0.1) is 20.7 Å². The van der Waals surface area contributed by atoms with Crippen molar-refractivity contribution in [2.45, 2.75) is 44.3 Å². The van der Waals surface area contributed by atoms with Crippen LogP contribution < -0.4 is 10.6 Å². The number of nitrogens with two attached hydrogens (primary N) is 1. The fraction of sp³-hybridized carbons (Fsp3) is 0.304. The van der Waals surface area contributed by atoms with Crippen molar-refractivity contribution in [2.24, 2.45) is 0 Å². The molecule has 0 aliphatic carbocycles. The number of aromatic nitrogens is 5. The molecule has 0 spiro atoms. The number of hydrogen-bond acceptors (Lipinski definition) is 8. The molecule has 0 bridgehead atoms. The summed E-state index contributed by atoms with van der Waals surface area (Å²) in [5.41, 5.74) is 8.48. The molecule has 0 saturated carbocycles. The molecule has 1 aromatic carbocycles. The third-order valence-electron chi connectivity index (χ3n) is 5.56. The van der Waals surface area contributed by atoms with Gasteiger partial charge in [0.2, 0.25) is 5.95 Å². The van der Waals surface area contributed by atoms with Crippen molar-refractivity contribution in [3.63, 3.8) is 0 Å². The Hall–Kier alpha value is -3.60. The predicted octanol–water partition coefficient (Wildman–Crippen LogP) is 4.09. The number of benzene rings is 1. The van der Waals surface area contributed by atoms with Crippen molar-refractivity contribution in [1.82, 2.24) is 25.1 Å². The fourth-order valence-corrected chi connectivity index (χ4v) is 4.95. The van der Waals surface area contributed by atoms with Crippen molar-refractivity contribution < 1.29 is 12.8 Å². The van der Waals surface area contributed by atoms with E-state index in [4.69, 9.17) is 5.73 Å². The first-order chi connectivity index (χ1) is 15.8. The molecule has 0 radical (unpaired) electrons. The van der Waals surface area contributed by atoms with Gasteiger partial charge < -0.3 is 10.6 Å². The summed E-state index contributed by atoms with van der Waals surface area (Å²) < 4.78 is 39.6. The first kappa shape index (κ1) is 23.6. The van der Waals surface area contributed by atoms with Crippen molar-refractivity contribution in [1.29, 1.82) is 0 Å². The molecule has 178 valence electrons. The molecular weight excluding hydrogens is 457 g/mol. The summed E-state index contributed by atoms with van der Waals surface area (Å²) in [6.45, 7) is 8.38. The summed E-state index contributed by atoms with van der Waals surface area (Å²) in [7, 11) is -1.89. The summed E-state index contributed by atoms with van der Waals surface area (Å²) >= 11 is 0. The largest absolute Gasteiger partial charge is 0.368 e. The molecule has 4 aromatic rings. The molecule has 9 nitrogen and oxygen atoms in total. The van der Waals surface area contributed by atoms with Crippen LogP contribution in [0.1, 0.15) is 32.0 Å². The Morgan fingerprint density at radius 1 is 1.06 bits per heavy atom. The number of pyridine rings is 1. The van der Waals surface area contributed by atoms with E-state index < -0.39 is 20.4 Å². The molecule has 0 atom stereocenters. The maximum absolute atomic E-state index is 14.3. The van der Waals surface area contributed by atoms with Crippen LogP contribution >= 0.6 is 0 Å². The molecule has 3 N–H and O–H groups in total. The SMILES string of the molecule is Cc1cc(-c2cnc(N)nc2N(C)c2n[nH]c3nc(C)c(F)cc23)cc(S(=O)(=O)C(C)(C)C)c1. The highest BCUT2D eigenvalue weighted by atomic mass is 32.2. The maximum Gasteiger partial charge on any atom is 0.221 e. The van der Waals surface area contributed by atoms with Gasteiger partial charge in [0.25, 0.3) is 0 Å². The number of aryl methyl sites for hydroxylation is 2. The lowest BCUT2D eigenvalue weighted by Gasteiger charge is -2.22. The number of halogens is 1. The molecule has 11 heteroatoms. The predicted molar refractivity (Wildman–Crippen MR) is 130 cm³/mol. The van der Waals surface area contributed by atoms with Crippen LogP contribution in [0.3, 0.4) is 0 Å². The van der Waals surface area contributed by atoms with Crippen molar-refractivity contribution in [3.8, 4) is 11.1 Å². The Bertz CT molecular complexity index is 1520. The summed E-state index contributed by atoms with van der Waals surface area (Å²) in [6, 6.07) is 6.45. The van der Waals surface area contributed by atoms with Gasteiger partial charge >= 0.3 is 0 Å². The van der Waals surface area contributed by atoms with Crippen LogP contribution in [0.2, 0.25) is 0 Å². The first-order valence-corrected chi connectivity index (χ1v) is 12.0. The molecule has 3 heterocycles. The average Bonchev–Trinajstić information content (AvgIpc) is 3.14. The third kappa shape index (κ3) is 3.96. The zero-order chi connectivity index (χ0) is 25.0. The molecule has 4 rings (SSSR count). The molecule has 0 saturated heterocycles. The Morgan fingerprint density at radius 3 is 2.44 bits per heavy atom. The monoisotopic (exact) mass is 483 g/mol. The van der Waals surface area contributed by atoms with Crippen LogP contribution in [0.25, 0.3) is 22.2 Å². The van der Waals surface area contributed by atoms with Crippen LogP contribution in [-0.2, 0) is 9.84 Å². The van der Waals surface area contributed by atoms with E-state index in [2.05, 4.69) is 25.1 Å². The third-order valence-corrected chi connectivity index (χ3v) is 8.03. The maximum atomic E-state index is 14.3. The van der Waals surface area contributed by atoms with E-state index in [0.717, 1.165) is 5.56 Å². The number of rotatable bonds is 4. The van der Waals surface area contributed by atoms with E-state index in [0.29, 0.717) is 33.8 Å². The number of nitrogens with zero attached hydrogens (tertiary/aromatic N) is 5. The van der Waals surface area contributed by atoms with Crippen LogP contribution in [0.15, 0.2) is 35.4 Å². The Kier molecular flexibility index (Phi) is 5.55. The minimum Gasteiger partial charge on any atom is -0.368 e. The zero-order valence-electron chi connectivity index (χ0n) is 19.8. The van der Waals surface area contributed by atoms with Gasteiger partial charge in [0, 0.05) is 18.8 Å². The minimum absolute atomic E-state index is 0.0285. The van der Waals surface area contributed by atoms with E-state index in [9.17, 15) is 12.8 Å². The molecule has 0 aliphatic heterocycles. The normalized spacial score (nSPS) is 12.3. The highest BCUT2D eigenvalue weighted by molar-refractivity contribution is 7.92. The lowest BCUT2D eigenvalue weighted by molar-refractivity contribution is 0.560. The molecule has 0 amide bonds. The number of hydrogen-bond donors (Lipinski definition) is 2. The minimum atomic E-state index is -3.60. The zero-order valence-corrected chi connectivity index (χ0v) is 20.6. The summed E-state index contributed by atoms with van der Waals surface area (Å²) in [6.07, 6.45) is 1.54. The van der Waals surface area contributed by atoms with Crippen molar-refractivity contribution in [2.75, 3.05) is 17.7 Å². The van der Waals surface area contributed by atoms with Crippen molar-refractivity contribution in [3.05, 3.63) is 47.5 Å². The van der Waals surface area contributed by atoms with Gasteiger partial charge in [0.15, 0.2) is 21.3 Å². The highest BCUT2D eigenvalue weighted by Crippen LogP contribution is 2.37. The highest BCUT2D eigenvalue weighted by Gasteiger charge is 2.31. The number of nitrogen functional groups attached to an aromatic ring is 1. The van der Waals surface area contributed by atoms with E-state index in [1.54, 1.807) is 51.8 Å². The van der Waals surface area contributed by atoms with E-state index in [-0.39, 0.29) is 16.5 Å². The molecule has 0 fully saturated rings. The van der Waals surface area contributed by atoms with Gasteiger partial charge in [-0.15, -0.1) is 0 Å². The number of H-pyrrole nitrogens is 1. The second kappa shape index (κ2) is 8.01. The molecule has 3 aromatic heterocycles. The molecular formula is C23H26FN7O2S. The fourth-order valence-electron chi connectivity index (χ4n) is 3.62. The second-order valence-corrected chi connectivity index (χ2v) is 11.9. The lowest BCUT2D eigenvalue weighted by Crippen LogP contribution is -2.28. The summed E-state index contributed by atoms with van der Waals surface area (Å²) in [5, 5.41) is 7.58. The number of fused-ring (bicyclic) bond motifs is 1. The quantitative estimate of drug-likeness (QED) is 0.444. The van der Waals surface area contributed by atoms with Gasteiger partial charge in [-0.2, -0.15) is 10.1 Å². The molecule has 0 unspecified atom stereocenters. The van der Waals surface area contributed by atoms with Gasteiger partial charge in [-0.25, -0.2) is 22.8 Å². The van der Waals surface area contributed by atoms with E-state index in [1.165, 1.54) is 12.3 Å². The molecule has 0 aliphatic rings. The van der Waals surface area contributed by atoms with Gasteiger partial charge in [0.1, 0.15) is 11.6 Å². The van der Waals surface area contributed by atoms with Gasteiger partial charge in [-0.3, -0.25) is 5.10 Å². The van der Waals surface area contributed by atoms with Crippen LogP contribution in [0, 0.1) is 19.7 Å². The van der Waals surface area contributed by atoms with Crippen molar-refractivity contribution >= 4 is 38.5 Å². The van der Waals surface area contributed by atoms with E-state index >= 15 is 0 Å². The summed E-state index contributed by atoms with van der Waals surface area (Å²) in [5.74, 6) is 0.338. The molecule has 34 heavy (non-hydrogen) atoms. The number of aromatic amines is 1. The van der Waals surface area contributed by atoms with Crippen LogP contribution in [0.4, 0.5) is 22.0 Å². The van der Waals surface area contributed by atoms with E-state index in [1.807, 2.05) is 13.0 Å². The van der Waals surface area contributed by atoms with Gasteiger partial charge in [-0.05, 0) is 63.9 Å². The Labute approximate surface area is 197 Å². The topological polar surface area (TPSA) is 131 Å². The Balaban J connectivity index is 1.91. The van der Waals surface area contributed by atoms with Gasteiger partial charge in [-0.1, -0.05) is 6.07 Å². The second-order valence-electron chi connectivity index (χ2n) is 9.17. The summed E-state index contributed by atoms with van der Waals surface area (Å²) in [4.78, 5) is 14.6. The van der Waals surface area contributed by atoms with Crippen LogP contribution in [-0.4, -0.2) is 45.4 Å². The van der Waals surface area contributed by atoms with Crippen LogP contribution in [0.5, 0.6) is 0 Å². The Morgan fingerprint density at radius 2 is 1.76 bits per heavy atom. The number of anilines is 3. The lowest BCUT2D eigenvalue weighted by atomic mass is 10.0. The smallest absolute Gasteiger partial charge is 0.221 e. The number of nitrogens with one attached hydrogen (secondary N) is 1.